The molecule has 0 bridgehead atoms. The van der Waals surface area contributed by atoms with Crippen molar-refractivity contribution in [2.24, 2.45) is 0 Å². The quantitative estimate of drug-likeness (QED) is 0.689. The number of carbonyl (C=O) groups excluding carboxylic acids is 1. The first-order valence-corrected chi connectivity index (χ1v) is 5.29. The number of para-hydroxylation sites is 1. The summed E-state index contributed by atoms with van der Waals surface area (Å²) in [6.07, 6.45) is 2.42. The fourth-order valence-corrected chi connectivity index (χ4v) is 2.44. The molecule has 1 N–H and O–H groups in total. The maximum Gasteiger partial charge on any atom is 0.220 e. The van der Waals surface area contributed by atoms with Gasteiger partial charge in [0.1, 0.15) is 12.4 Å². The number of ether oxygens (including phenoxy) is 1. The van der Waals surface area contributed by atoms with E-state index in [0.29, 0.717) is 13.0 Å². The Balaban J connectivity index is 1.92. The normalized spacial score (nSPS) is 28.4. The summed E-state index contributed by atoms with van der Waals surface area (Å²) in [7, 11) is 0. The van der Waals surface area contributed by atoms with Gasteiger partial charge in [-0.3, -0.25) is 4.79 Å². The topological polar surface area (TPSA) is 38.3 Å². The molecule has 0 aliphatic carbocycles. The Kier molecular flexibility index (Phi) is 1.75. The van der Waals surface area contributed by atoms with E-state index in [-0.39, 0.29) is 11.4 Å². The summed E-state index contributed by atoms with van der Waals surface area (Å²) in [5.41, 5.74) is 1.07. The molecule has 2 heterocycles. The summed E-state index contributed by atoms with van der Waals surface area (Å²) in [5, 5.41) is 3.05. The Morgan fingerprint density at radius 1 is 1.33 bits per heavy atom. The van der Waals surface area contributed by atoms with Gasteiger partial charge in [0.25, 0.3) is 0 Å². The molecule has 1 aromatic rings. The van der Waals surface area contributed by atoms with Crippen LogP contribution in [0.4, 0.5) is 0 Å². The van der Waals surface area contributed by atoms with Crippen LogP contribution in [0.2, 0.25) is 0 Å². The number of rotatable bonds is 0. The van der Waals surface area contributed by atoms with E-state index in [4.69, 9.17) is 4.74 Å². The molecule has 3 rings (SSSR count). The molecule has 0 radical (unpaired) electrons. The summed E-state index contributed by atoms with van der Waals surface area (Å²) >= 11 is 0. The van der Waals surface area contributed by atoms with E-state index in [1.54, 1.807) is 0 Å². The van der Waals surface area contributed by atoms with Crippen molar-refractivity contribution < 1.29 is 9.53 Å². The van der Waals surface area contributed by atoms with Crippen LogP contribution in [0.15, 0.2) is 24.3 Å². The summed E-state index contributed by atoms with van der Waals surface area (Å²) < 4.78 is 5.69. The monoisotopic (exact) mass is 203 g/mol. The lowest BCUT2D eigenvalue weighted by molar-refractivity contribution is -0.120. The second-order valence-corrected chi connectivity index (χ2v) is 4.40. The lowest BCUT2D eigenvalue weighted by Gasteiger charge is -2.34. The summed E-state index contributed by atoms with van der Waals surface area (Å²) in [4.78, 5) is 11.3. The molecule has 1 saturated heterocycles. The highest BCUT2D eigenvalue weighted by molar-refractivity contribution is 5.79. The zero-order valence-electron chi connectivity index (χ0n) is 8.45. The van der Waals surface area contributed by atoms with Gasteiger partial charge in [0.15, 0.2) is 0 Å². The largest absolute Gasteiger partial charge is 0.491 e. The van der Waals surface area contributed by atoms with Crippen LogP contribution in [0.5, 0.6) is 5.75 Å². The fraction of sp³-hybridized carbons (Fsp3) is 0.417. The molecule has 15 heavy (non-hydrogen) atoms. The van der Waals surface area contributed by atoms with Crippen molar-refractivity contribution in [2.45, 2.75) is 24.8 Å². The third-order valence-electron chi connectivity index (χ3n) is 3.24. The summed E-state index contributed by atoms with van der Waals surface area (Å²) in [5.74, 6) is 1.11. The standard InChI is InChI=1S/C12H13NO2/c14-11-5-6-12(13-11)7-9-3-1-2-4-10(9)15-8-12/h1-4H,5-8H2,(H,13,14). The first kappa shape index (κ1) is 8.77. The van der Waals surface area contributed by atoms with E-state index >= 15 is 0 Å². The Labute approximate surface area is 88.4 Å². The van der Waals surface area contributed by atoms with Crippen LogP contribution in [-0.4, -0.2) is 18.1 Å². The number of fused-ring (bicyclic) bond motifs is 1. The Bertz CT molecular complexity index is 416. The van der Waals surface area contributed by atoms with Crippen molar-refractivity contribution in [2.75, 3.05) is 6.61 Å². The SMILES string of the molecule is O=C1CCC2(COc3ccccc3C2)N1. The van der Waals surface area contributed by atoms with Crippen molar-refractivity contribution in [1.29, 1.82) is 0 Å². The van der Waals surface area contributed by atoms with E-state index in [1.165, 1.54) is 5.56 Å². The van der Waals surface area contributed by atoms with E-state index in [1.807, 2.05) is 18.2 Å². The smallest absolute Gasteiger partial charge is 0.220 e. The van der Waals surface area contributed by atoms with Gasteiger partial charge in [-0.2, -0.15) is 0 Å². The van der Waals surface area contributed by atoms with E-state index in [9.17, 15) is 4.79 Å². The first-order chi connectivity index (χ1) is 7.27. The van der Waals surface area contributed by atoms with Crippen LogP contribution in [-0.2, 0) is 11.2 Å². The Hall–Kier alpha value is -1.51. The second-order valence-electron chi connectivity index (χ2n) is 4.40. The summed E-state index contributed by atoms with van der Waals surface area (Å²) in [6, 6.07) is 8.04. The first-order valence-electron chi connectivity index (χ1n) is 5.29. The maximum atomic E-state index is 11.3. The molecule has 2 aliphatic rings. The minimum atomic E-state index is -0.133. The van der Waals surface area contributed by atoms with Gasteiger partial charge < -0.3 is 10.1 Å². The maximum absolute atomic E-state index is 11.3. The predicted molar refractivity (Wildman–Crippen MR) is 55.7 cm³/mol. The van der Waals surface area contributed by atoms with Gasteiger partial charge in [-0.25, -0.2) is 0 Å². The number of hydrogen-bond acceptors (Lipinski definition) is 2. The van der Waals surface area contributed by atoms with Crippen LogP contribution >= 0.6 is 0 Å². The van der Waals surface area contributed by atoms with Crippen LogP contribution in [0, 0.1) is 0 Å². The number of hydrogen-bond donors (Lipinski definition) is 1. The average molecular weight is 203 g/mol. The summed E-state index contributed by atoms with van der Waals surface area (Å²) in [6.45, 7) is 0.607. The third-order valence-corrected chi connectivity index (χ3v) is 3.24. The molecule has 1 atom stereocenters. The van der Waals surface area contributed by atoms with Crippen molar-refractivity contribution in [3.05, 3.63) is 29.8 Å². The molecule has 1 amide bonds. The van der Waals surface area contributed by atoms with Crippen LogP contribution in [0.25, 0.3) is 0 Å². The molecule has 1 spiro atoms. The lowest BCUT2D eigenvalue weighted by Crippen LogP contribution is -2.50. The molecule has 3 heteroatoms. The fourth-order valence-electron chi connectivity index (χ4n) is 2.44. The predicted octanol–water partition coefficient (Wildman–Crippen LogP) is 1.27. The highest BCUT2D eigenvalue weighted by atomic mass is 16.5. The molecule has 0 aromatic heterocycles. The van der Waals surface area contributed by atoms with Gasteiger partial charge >= 0.3 is 0 Å². The van der Waals surface area contributed by atoms with Gasteiger partial charge in [-0.1, -0.05) is 18.2 Å². The Morgan fingerprint density at radius 3 is 3.00 bits per heavy atom. The zero-order valence-corrected chi connectivity index (χ0v) is 8.45. The van der Waals surface area contributed by atoms with E-state index in [2.05, 4.69) is 11.4 Å². The average Bonchev–Trinajstić information content (AvgIpc) is 2.60. The molecule has 3 nitrogen and oxygen atoms in total. The molecular weight excluding hydrogens is 190 g/mol. The molecule has 78 valence electrons. The van der Waals surface area contributed by atoms with Crippen molar-refractivity contribution in [3.63, 3.8) is 0 Å². The van der Waals surface area contributed by atoms with Gasteiger partial charge in [0.2, 0.25) is 5.91 Å². The second kappa shape index (κ2) is 2.99. The third kappa shape index (κ3) is 1.39. The van der Waals surface area contributed by atoms with E-state index < -0.39 is 0 Å². The molecular formula is C12H13NO2. The van der Waals surface area contributed by atoms with E-state index in [0.717, 1.165) is 18.6 Å². The van der Waals surface area contributed by atoms with Crippen LogP contribution < -0.4 is 10.1 Å². The van der Waals surface area contributed by atoms with Crippen molar-refractivity contribution in [3.8, 4) is 5.75 Å². The number of amides is 1. The highest BCUT2D eigenvalue weighted by Gasteiger charge is 2.41. The molecule has 1 aromatic carbocycles. The molecule has 2 aliphatic heterocycles. The molecule has 1 unspecified atom stereocenters. The van der Waals surface area contributed by atoms with Crippen LogP contribution in [0.1, 0.15) is 18.4 Å². The molecule has 1 fully saturated rings. The zero-order chi connectivity index (χ0) is 10.3. The Morgan fingerprint density at radius 2 is 2.20 bits per heavy atom. The lowest BCUT2D eigenvalue weighted by atomic mass is 9.88. The van der Waals surface area contributed by atoms with Gasteiger partial charge in [-0.05, 0) is 18.1 Å². The number of benzene rings is 1. The number of nitrogens with one attached hydrogen (secondary N) is 1. The van der Waals surface area contributed by atoms with Crippen LogP contribution in [0.3, 0.4) is 0 Å². The minimum absolute atomic E-state index is 0.133. The molecule has 0 saturated carbocycles. The van der Waals surface area contributed by atoms with Crippen molar-refractivity contribution >= 4 is 5.91 Å². The van der Waals surface area contributed by atoms with Gasteiger partial charge in [-0.15, -0.1) is 0 Å². The minimum Gasteiger partial charge on any atom is -0.491 e. The highest BCUT2D eigenvalue weighted by Crippen LogP contribution is 2.33. The van der Waals surface area contributed by atoms with Gasteiger partial charge in [0, 0.05) is 12.8 Å². The van der Waals surface area contributed by atoms with Crippen molar-refractivity contribution in [1.82, 2.24) is 5.32 Å². The van der Waals surface area contributed by atoms with Gasteiger partial charge in [0.05, 0.1) is 5.54 Å². The number of carbonyl (C=O) groups is 1.